The number of ether oxygens (including phenoxy) is 1. The van der Waals surface area contributed by atoms with Crippen molar-refractivity contribution in [3.63, 3.8) is 0 Å². The summed E-state index contributed by atoms with van der Waals surface area (Å²) in [5.41, 5.74) is 1.76. The van der Waals surface area contributed by atoms with Crippen LogP contribution in [-0.4, -0.2) is 62.5 Å². The molecule has 0 saturated carbocycles. The van der Waals surface area contributed by atoms with Crippen LogP contribution in [-0.2, 0) is 9.53 Å². The lowest BCUT2D eigenvalue weighted by molar-refractivity contribution is -0.121. The molecule has 0 unspecified atom stereocenters. The number of methoxy groups -OCH3 is 1. The highest BCUT2D eigenvalue weighted by Crippen LogP contribution is 2.17. The number of benzene rings is 1. The summed E-state index contributed by atoms with van der Waals surface area (Å²) in [6, 6.07) is 7.54. The fourth-order valence-electron chi connectivity index (χ4n) is 2.48. The summed E-state index contributed by atoms with van der Waals surface area (Å²) in [7, 11) is 1.22. The molecule has 124 valence electrons. The number of nitrogens with zero attached hydrogens (tertiary/aromatic N) is 2. The van der Waals surface area contributed by atoms with Crippen molar-refractivity contribution in [1.29, 1.82) is 0 Å². The van der Waals surface area contributed by atoms with Gasteiger partial charge in [-0.25, -0.2) is 4.79 Å². The van der Waals surface area contributed by atoms with Crippen molar-refractivity contribution in [2.24, 2.45) is 0 Å². The number of anilines is 1. The quantitative estimate of drug-likeness (QED) is 0.831. The number of nitrogens with one attached hydrogen (secondary N) is 1. The molecule has 1 heterocycles. The highest BCUT2D eigenvalue weighted by molar-refractivity contribution is 5.94. The summed E-state index contributed by atoms with van der Waals surface area (Å²) >= 11 is 0. The molecule has 2 amide bonds. The molecule has 0 bridgehead atoms. The Morgan fingerprint density at radius 3 is 2.22 bits per heavy atom. The summed E-state index contributed by atoms with van der Waals surface area (Å²) in [6.07, 6.45) is -0.737. The van der Waals surface area contributed by atoms with Crippen molar-refractivity contribution >= 4 is 23.5 Å². The second-order valence-electron chi connectivity index (χ2n) is 5.41. The first-order valence-electron chi connectivity index (χ1n) is 7.45. The number of amides is 2. The Bertz CT molecular complexity index is 577. The van der Waals surface area contributed by atoms with E-state index in [2.05, 4.69) is 15.0 Å². The maximum absolute atomic E-state index is 11.6. The first-order chi connectivity index (χ1) is 11.0. The summed E-state index contributed by atoms with van der Waals surface area (Å²) in [6.45, 7) is 4.74. The molecular weight excluding hydrogens is 298 g/mol. The van der Waals surface area contributed by atoms with E-state index in [-0.39, 0.29) is 18.2 Å². The number of alkyl carbamates (subject to hydrolysis) is 1. The number of rotatable bonds is 4. The van der Waals surface area contributed by atoms with E-state index in [1.54, 1.807) is 6.92 Å². The number of ketones is 1. The van der Waals surface area contributed by atoms with Gasteiger partial charge in [-0.05, 0) is 31.2 Å². The normalized spacial score (nSPS) is 15.1. The maximum atomic E-state index is 11.6. The molecular formula is C16H21N3O4. The molecule has 1 aliphatic rings. The molecule has 7 nitrogen and oxygen atoms in total. The molecule has 1 N–H and O–H groups in total. The molecule has 0 spiro atoms. The first-order valence-corrected chi connectivity index (χ1v) is 7.45. The monoisotopic (exact) mass is 319 g/mol. The van der Waals surface area contributed by atoms with E-state index < -0.39 is 6.09 Å². The Morgan fingerprint density at radius 2 is 1.70 bits per heavy atom. The summed E-state index contributed by atoms with van der Waals surface area (Å²) in [5.74, 6) is -0.311. The van der Waals surface area contributed by atoms with Crippen LogP contribution >= 0.6 is 0 Å². The predicted molar refractivity (Wildman–Crippen MR) is 85.6 cm³/mol. The number of carbonyl (C=O) groups excluding carboxylic acids is 3. The minimum Gasteiger partial charge on any atom is -0.453 e. The van der Waals surface area contributed by atoms with Gasteiger partial charge in [-0.3, -0.25) is 19.8 Å². The fourth-order valence-corrected chi connectivity index (χ4v) is 2.48. The molecule has 0 aromatic heterocycles. The van der Waals surface area contributed by atoms with Crippen molar-refractivity contribution < 1.29 is 19.1 Å². The van der Waals surface area contributed by atoms with Gasteiger partial charge in [-0.15, -0.1) is 0 Å². The topological polar surface area (TPSA) is 79.0 Å². The van der Waals surface area contributed by atoms with Gasteiger partial charge in [-0.2, -0.15) is 0 Å². The van der Waals surface area contributed by atoms with Crippen molar-refractivity contribution in [2.75, 3.05) is 44.7 Å². The molecule has 1 aromatic rings. The third-order valence-electron chi connectivity index (χ3n) is 3.81. The van der Waals surface area contributed by atoms with Gasteiger partial charge in [-0.1, -0.05) is 0 Å². The van der Waals surface area contributed by atoms with Crippen LogP contribution in [0.1, 0.15) is 17.3 Å². The number of Topliss-reactive ketones (excluding diaryl/α,β-unsaturated/α-hetero) is 1. The summed E-state index contributed by atoms with van der Waals surface area (Å²) < 4.78 is 4.39. The van der Waals surface area contributed by atoms with Crippen LogP contribution in [0.4, 0.5) is 10.5 Å². The Morgan fingerprint density at radius 1 is 1.09 bits per heavy atom. The smallest absolute Gasteiger partial charge is 0.413 e. The van der Waals surface area contributed by atoms with E-state index in [1.807, 2.05) is 29.2 Å². The molecule has 7 heteroatoms. The van der Waals surface area contributed by atoms with E-state index in [1.165, 1.54) is 7.11 Å². The molecule has 1 saturated heterocycles. The van der Waals surface area contributed by atoms with E-state index in [0.717, 1.165) is 31.9 Å². The van der Waals surface area contributed by atoms with Gasteiger partial charge < -0.3 is 9.64 Å². The molecule has 0 radical (unpaired) electrons. The maximum Gasteiger partial charge on any atom is 0.413 e. The van der Waals surface area contributed by atoms with Gasteiger partial charge in [0, 0.05) is 37.4 Å². The molecule has 1 aromatic carbocycles. The largest absolute Gasteiger partial charge is 0.453 e. The number of hydrogen-bond donors (Lipinski definition) is 1. The van der Waals surface area contributed by atoms with Crippen LogP contribution in [0.3, 0.4) is 0 Å². The second kappa shape index (κ2) is 7.73. The van der Waals surface area contributed by atoms with Gasteiger partial charge in [0.1, 0.15) is 0 Å². The van der Waals surface area contributed by atoms with E-state index in [4.69, 9.17) is 0 Å². The predicted octanol–water partition coefficient (Wildman–Crippen LogP) is 0.894. The Labute approximate surface area is 135 Å². The van der Waals surface area contributed by atoms with Gasteiger partial charge in [0.05, 0.1) is 13.7 Å². The second-order valence-corrected chi connectivity index (χ2v) is 5.41. The molecule has 0 aliphatic carbocycles. The van der Waals surface area contributed by atoms with Crippen LogP contribution in [0.15, 0.2) is 24.3 Å². The average molecular weight is 319 g/mol. The Balaban J connectivity index is 1.82. The lowest BCUT2D eigenvalue weighted by Crippen LogP contribution is -2.50. The van der Waals surface area contributed by atoms with Crippen LogP contribution in [0.2, 0.25) is 0 Å². The molecule has 0 atom stereocenters. The fraction of sp³-hybridized carbons (Fsp3) is 0.438. The Kier molecular flexibility index (Phi) is 5.70. The number of piperazine rings is 1. The zero-order chi connectivity index (χ0) is 16.8. The lowest BCUT2D eigenvalue weighted by Gasteiger charge is -2.35. The SMILES string of the molecule is COC(=O)NC(=O)CN1CCN(c2ccc(C(C)=O)cc2)CC1. The van der Waals surface area contributed by atoms with Gasteiger partial charge in [0.15, 0.2) is 5.78 Å². The highest BCUT2D eigenvalue weighted by atomic mass is 16.5. The van der Waals surface area contributed by atoms with E-state index in [0.29, 0.717) is 5.56 Å². The third kappa shape index (κ3) is 4.79. The molecule has 23 heavy (non-hydrogen) atoms. The zero-order valence-corrected chi connectivity index (χ0v) is 13.4. The standard InChI is InChI=1S/C16H21N3O4/c1-12(20)13-3-5-14(6-4-13)19-9-7-18(8-10-19)11-15(21)17-16(22)23-2/h3-6H,7-11H2,1-2H3,(H,17,21,22). The molecule has 1 fully saturated rings. The van der Waals surface area contributed by atoms with Gasteiger partial charge in [0.2, 0.25) is 5.91 Å². The summed E-state index contributed by atoms with van der Waals surface area (Å²) in [4.78, 5) is 38.1. The van der Waals surface area contributed by atoms with Crippen LogP contribution < -0.4 is 10.2 Å². The summed E-state index contributed by atoms with van der Waals surface area (Å²) in [5, 5.41) is 2.15. The molecule has 2 rings (SSSR count). The van der Waals surface area contributed by atoms with Crippen LogP contribution in [0, 0.1) is 0 Å². The van der Waals surface area contributed by atoms with E-state index in [9.17, 15) is 14.4 Å². The highest BCUT2D eigenvalue weighted by Gasteiger charge is 2.20. The average Bonchev–Trinajstić information content (AvgIpc) is 2.55. The van der Waals surface area contributed by atoms with Crippen molar-refractivity contribution in [1.82, 2.24) is 10.2 Å². The van der Waals surface area contributed by atoms with Crippen LogP contribution in [0.25, 0.3) is 0 Å². The van der Waals surface area contributed by atoms with Crippen LogP contribution in [0.5, 0.6) is 0 Å². The third-order valence-corrected chi connectivity index (χ3v) is 3.81. The number of carbonyl (C=O) groups is 3. The molecule has 1 aliphatic heterocycles. The van der Waals surface area contributed by atoms with Crippen molar-refractivity contribution in [2.45, 2.75) is 6.92 Å². The number of hydrogen-bond acceptors (Lipinski definition) is 6. The lowest BCUT2D eigenvalue weighted by atomic mass is 10.1. The van der Waals surface area contributed by atoms with Gasteiger partial charge in [0.25, 0.3) is 0 Å². The minimum atomic E-state index is -0.737. The van der Waals surface area contributed by atoms with Crippen molar-refractivity contribution in [3.8, 4) is 0 Å². The number of imide groups is 1. The minimum absolute atomic E-state index is 0.0537. The Hall–Kier alpha value is -2.41. The first kappa shape index (κ1) is 17.0. The van der Waals surface area contributed by atoms with Gasteiger partial charge >= 0.3 is 6.09 Å². The van der Waals surface area contributed by atoms with E-state index >= 15 is 0 Å². The zero-order valence-electron chi connectivity index (χ0n) is 13.4. The van der Waals surface area contributed by atoms with Crippen molar-refractivity contribution in [3.05, 3.63) is 29.8 Å².